The molecule has 0 saturated carbocycles. The summed E-state index contributed by atoms with van der Waals surface area (Å²) < 4.78 is 5.62. The van der Waals surface area contributed by atoms with Gasteiger partial charge in [-0.25, -0.2) is 0 Å². The first-order valence-electron chi connectivity index (χ1n) is 6.39. The Morgan fingerprint density at radius 3 is 2.88 bits per heavy atom. The highest BCUT2D eigenvalue weighted by Crippen LogP contribution is 2.24. The van der Waals surface area contributed by atoms with Crippen molar-refractivity contribution in [1.29, 1.82) is 0 Å². The van der Waals surface area contributed by atoms with Crippen molar-refractivity contribution in [3.05, 3.63) is 24.3 Å². The molecule has 0 aliphatic carbocycles. The van der Waals surface area contributed by atoms with E-state index in [2.05, 4.69) is 48.6 Å². The first-order valence-corrected chi connectivity index (χ1v) is 6.39. The van der Waals surface area contributed by atoms with E-state index in [-0.39, 0.29) is 0 Å². The first kappa shape index (κ1) is 12.2. The van der Waals surface area contributed by atoms with E-state index in [1.54, 1.807) is 0 Å². The van der Waals surface area contributed by atoms with E-state index in [1.165, 1.54) is 24.2 Å². The lowest BCUT2D eigenvalue weighted by molar-refractivity contribution is 0.107. The van der Waals surface area contributed by atoms with Gasteiger partial charge in [-0.2, -0.15) is 0 Å². The van der Waals surface area contributed by atoms with Crippen LogP contribution in [0.25, 0.3) is 0 Å². The predicted molar refractivity (Wildman–Crippen MR) is 72.8 cm³/mol. The van der Waals surface area contributed by atoms with Crippen molar-refractivity contribution in [2.24, 2.45) is 0 Å². The molecule has 1 saturated heterocycles. The molecule has 1 aromatic rings. The van der Waals surface area contributed by atoms with Crippen LogP contribution < -0.4 is 10.2 Å². The summed E-state index contributed by atoms with van der Waals surface area (Å²) in [6.45, 7) is 1.93. The Kier molecular flexibility index (Phi) is 4.26. The second-order valence-corrected chi connectivity index (χ2v) is 4.76. The molecule has 3 nitrogen and oxygen atoms in total. The van der Waals surface area contributed by atoms with Gasteiger partial charge in [0.25, 0.3) is 0 Å². The minimum absolute atomic E-state index is 0.467. The Morgan fingerprint density at radius 2 is 2.18 bits per heavy atom. The lowest BCUT2D eigenvalue weighted by Crippen LogP contribution is -2.15. The maximum Gasteiger partial charge on any atom is 0.0596 e. The summed E-state index contributed by atoms with van der Waals surface area (Å²) in [4.78, 5) is 2.13. The number of hydrogen-bond donors (Lipinski definition) is 1. The molecule has 0 aromatic heterocycles. The van der Waals surface area contributed by atoms with Gasteiger partial charge in [-0.15, -0.1) is 0 Å². The van der Waals surface area contributed by atoms with Crippen LogP contribution in [0.4, 0.5) is 11.4 Å². The summed E-state index contributed by atoms with van der Waals surface area (Å²) in [5.74, 6) is 0. The van der Waals surface area contributed by atoms with Crippen molar-refractivity contribution < 1.29 is 4.74 Å². The van der Waals surface area contributed by atoms with Gasteiger partial charge in [0.15, 0.2) is 0 Å². The highest BCUT2D eigenvalue weighted by atomic mass is 16.5. The summed E-state index contributed by atoms with van der Waals surface area (Å²) in [5, 5.41) is 3.50. The van der Waals surface area contributed by atoms with Gasteiger partial charge >= 0.3 is 0 Å². The predicted octanol–water partition coefficient (Wildman–Crippen LogP) is 2.73. The largest absolute Gasteiger partial charge is 0.383 e. The Bertz CT molecular complexity index is 346. The fourth-order valence-electron chi connectivity index (χ4n) is 2.25. The van der Waals surface area contributed by atoms with Crippen molar-refractivity contribution in [1.82, 2.24) is 0 Å². The molecule has 1 fully saturated rings. The van der Waals surface area contributed by atoms with Crippen LogP contribution in [0, 0.1) is 0 Å². The number of hydrogen-bond acceptors (Lipinski definition) is 3. The lowest BCUT2D eigenvalue weighted by atomic mass is 10.2. The molecule has 1 aliphatic heterocycles. The van der Waals surface area contributed by atoms with Crippen LogP contribution in [0.2, 0.25) is 0 Å². The van der Waals surface area contributed by atoms with Gasteiger partial charge in [0.2, 0.25) is 0 Å². The molecule has 0 amide bonds. The van der Waals surface area contributed by atoms with Crippen LogP contribution in [0.1, 0.15) is 19.3 Å². The minimum Gasteiger partial charge on any atom is -0.383 e. The number of benzene rings is 1. The van der Waals surface area contributed by atoms with Crippen LogP contribution in [-0.4, -0.2) is 33.4 Å². The molecule has 1 heterocycles. The Hall–Kier alpha value is -1.22. The summed E-state index contributed by atoms with van der Waals surface area (Å²) in [5.41, 5.74) is 2.44. The molecule has 1 N–H and O–H groups in total. The third-order valence-corrected chi connectivity index (χ3v) is 3.19. The Morgan fingerprint density at radius 1 is 1.35 bits per heavy atom. The third-order valence-electron chi connectivity index (χ3n) is 3.19. The van der Waals surface area contributed by atoms with Crippen molar-refractivity contribution in [3.63, 3.8) is 0 Å². The van der Waals surface area contributed by atoms with Gasteiger partial charge in [0.05, 0.1) is 17.5 Å². The molecule has 3 heteroatoms. The second kappa shape index (κ2) is 5.92. The van der Waals surface area contributed by atoms with Crippen molar-refractivity contribution >= 4 is 11.4 Å². The third kappa shape index (κ3) is 3.37. The van der Waals surface area contributed by atoms with E-state index in [0.717, 1.165) is 19.6 Å². The molecule has 0 radical (unpaired) electrons. The molecule has 17 heavy (non-hydrogen) atoms. The summed E-state index contributed by atoms with van der Waals surface area (Å²) >= 11 is 0. The zero-order chi connectivity index (χ0) is 12.1. The number of nitrogens with zero attached hydrogens (tertiary/aromatic N) is 1. The second-order valence-electron chi connectivity index (χ2n) is 4.76. The molecular weight excluding hydrogens is 212 g/mol. The Balaban J connectivity index is 1.85. The summed E-state index contributed by atoms with van der Waals surface area (Å²) in [7, 11) is 4.14. The molecule has 0 spiro atoms. The number of para-hydroxylation sites is 2. The molecule has 1 unspecified atom stereocenters. The van der Waals surface area contributed by atoms with E-state index in [0.29, 0.717) is 6.10 Å². The lowest BCUT2D eigenvalue weighted by Gasteiger charge is -2.19. The maximum atomic E-state index is 5.62. The van der Waals surface area contributed by atoms with E-state index in [1.807, 2.05) is 0 Å². The molecule has 1 aromatic carbocycles. The van der Waals surface area contributed by atoms with Crippen molar-refractivity contribution in [2.75, 3.05) is 37.5 Å². The average molecular weight is 234 g/mol. The standard InChI is InChI=1S/C14H22N2O/c1-16(2)14-8-4-3-7-13(14)15-10-9-12-6-5-11-17-12/h3-4,7-8,12,15H,5-6,9-11H2,1-2H3. The SMILES string of the molecule is CN(C)c1ccccc1NCCC1CCCO1. The van der Waals surface area contributed by atoms with Crippen molar-refractivity contribution in [2.45, 2.75) is 25.4 Å². The highest BCUT2D eigenvalue weighted by molar-refractivity contribution is 5.69. The van der Waals surface area contributed by atoms with Gasteiger partial charge in [-0.3, -0.25) is 0 Å². The molecule has 0 bridgehead atoms. The van der Waals surface area contributed by atoms with Crippen LogP contribution in [-0.2, 0) is 4.74 Å². The molecule has 2 rings (SSSR count). The van der Waals surface area contributed by atoms with Gasteiger partial charge in [-0.05, 0) is 31.4 Å². The first-order chi connectivity index (χ1) is 8.27. The summed E-state index contributed by atoms with van der Waals surface area (Å²) in [6, 6.07) is 8.40. The quantitative estimate of drug-likeness (QED) is 0.848. The highest BCUT2D eigenvalue weighted by Gasteiger charge is 2.14. The van der Waals surface area contributed by atoms with Gasteiger partial charge < -0.3 is 15.0 Å². The van der Waals surface area contributed by atoms with Gasteiger partial charge in [0.1, 0.15) is 0 Å². The van der Waals surface area contributed by atoms with E-state index >= 15 is 0 Å². The van der Waals surface area contributed by atoms with Crippen LogP contribution in [0.5, 0.6) is 0 Å². The molecule has 1 aliphatic rings. The molecular formula is C14H22N2O. The van der Waals surface area contributed by atoms with E-state index in [4.69, 9.17) is 4.74 Å². The molecule has 1 atom stereocenters. The monoisotopic (exact) mass is 234 g/mol. The van der Waals surface area contributed by atoms with Crippen LogP contribution in [0.15, 0.2) is 24.3 Å². The zero-order valence-electron chi connectivity index (χ0n) is 10.8. The van der Waals surface area contributed by atoms with E-state index in [9.17, 15) is 0 Å². The van der Waals surface area contributed by atoms with Crippen molar-refractivity contribution in [3.8, 4) is 0 Å². The van der Waals surface area contributed by atoms with Gasteiger partial charge in [0, 0.05) is 27.2 Å². The van der Waals surface area contributed by atoms with Crippen LogP contribution in [0.3, 0.4) is 0 Å². The van der Waals surface area contributed by atoms with Crippen LogP contribution >= 0.6 is 0 Å². The number of anilines is 2. The maximum absolute atomic E-state index is 5.62. The topological polar surface area (TPSA) is 24.5 Å². The minimum atomic E-state index is 0.467. The fourth-order valence-corrected chi connectivity index (χ4v) is 2.25. The fraction of sp³-hybridized carbons (Fsp3) is 0.571. The number of nitrogens with one attached hydrogen (secondary N) is 1. The normalized spacial score (nSPS) is 19.3. The number of ether oxygens (including phenoxy) is 1. The molecule has 94 valence electrons. The summed E-state index contributed by atoms with van der Waals surface area (Å²) in [6.07, 6.45) is 4.01. The Labute approximate surface area is 104 Å². The van der Waals surface area contributed by atoms with Gasteiger partial charge in [-0.1, -0.05) is 12.1 Å². The number of rotatable bonds is 5. The smallest absolute Gasteiger partial charge is 0.0596 e. The zero-order valence-corrected chi connectivity index (χ0v) is 10.8. The van der Waals surface area contributed by atoms with E-state index < -0.39 is 0 Å². The average Bonchev–Trinajstić information content (AvgIpc) is 2.82.